The van der Waals surface area contributed by atoms with E-state index in [0.29, 0.717) is 16.9 Å². The van der Waals surface area contributed by atoms with Crippen LogP contribution in [0.4, 0.5) is 5.69 Å². The number of benzene rings is 1. The number of thiocarbonyl (C=S) groups is 1. The number of hydrogen-bond donors (Lipinski definition) is 2. The second-order valence-corrected chi connectivity index (χ2v) is 4.75. The molecule has 0 radical (unpaired) electrons. The number of hydrogen-bond acceptors (Lipinski definition) is 2. The second-order valence-electron chi connectivity index (χ2n) is 4.31. The first-order chi connectivity index (χ1) is 7.56. The van der Waals surface area contributed by atoms with Crippen LogP contribution in [0, 0.1) is 5.92 Å². The Bertz CT molecular complexity index is 361. The van der Waals surface area contributed by atoms with E-state index in [1.807, 2.05) is 24.3 Å². The van der Waals surface area contributed by atoms with Gasteiger partial charge in [0.25, 0.3) is 0 Å². The molecule has 1 aromatic rings. The van der Waals surface area contributed by atoms with Crippen LogP contribution < -0.4 is 11.1 Å². The van der Waals surface area contributed by atoms with Crippen LogP contribution in [0.25, 0.3) is 0 Å². The van der Waals surface area contributed by atoms with Crippen molar-refractivity contribution in [2.75, 3.05) is 5.32 Å². The smallest absolute Gasteiger partial charge is 0.106 e. The van der Waals surface area contributed by atoms with Gasteiger partial charge in [-0.15, -0.1) is 0 Å². The Morgan fingerprint density at radius 3 is 2.50 bits per heavy atom. The highest BCUT2D eigenvalue weighted by Gasteiger charge is 2.12. The number of para-hydroxylation sites is 1. The summed E-state index contributed by atoms with van der Waals surface area (Å²) in [4.78, 5) is 0.446. The summed E-state index contributed by atoms with van der Waals surface area (Å²) in [6.45, 7) is 6.61. The molecule has 16 heavy (non-hydrogen) atoms. The summed E-state index contributed by atoms with van der Waals surface area (Å²) in [5.41, 5.74) is 7.66. The monoisotopic (exact) mass is 236 g/mol. The fourth-order valence-electron chi connectivity index (χ4n) is 1.76. The third kappa shape index (κ3) is 3.20. The van der Waals surface area contributed by atoms with E-state index in [1.54, 1.807) is 0 Å². The van der Waals surface area contributed by atoms with E-state index >= 15 is 0 Å². The van der Waals surface area contributed by atoms with E-state index in [-0.39, 0.29) is 0 Å². The van der Waals surface area contributed by atoms with E-state index in [2.05, 4.69) is 26.1 Å². The molecule has 0 fully saturated rings. The average molecular weight is 236 g/mol. The lowest BCUT2D eigenvalue weighted by Crippen LogP contribution is -2.26. The molecule has 0 heterocycles. The van der Waals surface area contributed by atoms with Gasteiger partial charge >= 0.3 is 0 Å². The summed E-state index contributed by atoms with van der Waals surface area (Å²) in [5, 5.41) is 3.51. The quantitative estimate of drug-likeness (QED) is 0.771. The van der Waals surface area contributed by atoms with Crippen LogP contribution in [0.15, 0.2) is 24.3 Å². The first kappa shape index (κ1) is 13.0. The van der Waals surface area contributed by atoms with Crippen LogP contribution in [0.5, 0.6) is 0 Å². The van der Waals surface area contributed by atoms with Gasteiger partial charge in [0.05, 0.1) is 0 Å². The van der Waals surface area contributed by atoms with Gasteiger partial charge in [0.1, 0.15) is 4.99 Å². The molecule has 0 bridgehead atoms. The van der Waals surface area contributed by atoms with Crippen molar-refractivity contribution < 1.29 is 0 Å². The average Bonchev–Trinajstić information content (AvgIpc) is 2.25. The van der Waals surface area contributed by atoms with E-state index < -0.39 is 0 Å². The molecule has 0 aliphatic rings. The zero-order valence-corrected chi connectivity index (χ0v) is 11.0. The van der Waals surface area contributed by atoms with Gasteiger partial charge in [-0.3, -0.25) is 0 Å². The zero-order chi connectivity index (χ0) is 12.1. The summed E-state index contributed by atoms with van der Waals surface area (Å²) in [6.07, 6.45) is 1.09. The minimum Gasteiger partial charge on any atom is -0.389 e. The van der Waals surface area contributed by atoms with Crippen LogP contribution in [0.3, 0.4) is 0 Å². The van der Waals surface area contributed by atoms with Crippen molar-refractivity contribution in [3.8, 4) is 0 Å². The Morgan fingerprint density at radius 2 is 2.00 bits per heavy atom. The van der Waals surface area contributed by atoms with Gasteiger partial charge in [0, 0.05) is 17.3 Å². The maximum Gasteiger partial charge on any atom is 0.106 e. The van der Waals surface area contributed by atoms with Crippen LogP contribution in [-0.2, 0) is 0 Å². The maximum absolute atomic E-state index is 5.70. The van der Waals surface area contributed by atoms with E-state index in [4.69, 9.17) is 18.0 Å². The lowest BCUT2D eigenvalue weighted by molar-refractivity contribution is 0.511. The van der Waals surface area contributed by atoms with Crippen molar-refractivity contribution >= 4 is 22.9 Å². The van der Waals surface area contributed by atoms with E-state index in [0.717, 1.165) is 17.7 Å². The largest absolute Gasteiger partial charge is 0.389 e. The number of anilines is 1. The Balaban J connectivity index is 2.91. The Hall–Kier alpha value is -1.09. The predicted octanol–water partition coefficient (Wildman–Crippen LogP) is 3.17. The number of nitrogens with one attached hydrogen (secondary N) is 1. The Morgan fingerprint density at radius 1 is 1.38 bits per heavy atom. The van der Waals surface area contributed by atoms with Crippen LogP contribution in [-0.4, -0.2) is 11.0 Å². The summed E-state index contributed by atoms with van der Waals surface area (Å²) >= 11 is 5.04. The van der Waals surface area contributed by atoms with Crippen molar-refractivity contribution in [2.24, 2.45) is 11.7 Å². The molecule has 3 heteroatoms. The van der Waals surface area contributed by atoms with Crippen LogP contribution in [0.1, 0.15) is 32.8 Å². The fourth-order valence-corrected chi connectivity index (χ4v) is 1.94. The standard InChI is InChI=1S/C13H20N2S/c1-4-11(9(2)3)15-12-8-6-5-7-10(12)13(14)16/h5-9,11,15H,4H2,1-3H3,(H2,14,16). The van der Waals surface area contributed by atoms with E-state index in [9.17, 15) is 0 Å². The second kappa shape index (κ2) is 5.85. The molecule has 0 amide bonds. The van der Waals surface area contributed by atoms with Gasteiger partial charge < -0.3 is 11.1 Å². The zero-order valence-electron chi connectivity index (χ0n) is 10.2. The molecular formula is C13H20N2S. The molecule has 1 rings (SSSR count). The predicted molar refractivity (Wildman–Crippen MR) is 74.9 cm³/mol. The molecule has 0 aromatic heterocycles. The van der Waals surface area contributed by atoms with Crippen molar-refractivity contribution in [1.82, 2.24) is 0 Å². The molecule has 0 saturated heterocycles. The number of nitrogens with two attached hydrogens (primary N) is 1. The highest BCUT2D eigenvalue weighted by atomic mass is 32.1. The minimum atomic E-state index is 0.446. The molecule has 3 N–H and O–H groups in total. The van der Waals surface area contributed by atoms with Crippen LogP contribution >= 0.6 is 12.2 Å². The normalized spacial score (nSPS) is 12.5. The summed E-state index contributed by atoms with van der Waals surface area (Å²) in [7, 11) is 0. The van der Waals surface area contributed by atoms with Gasteiger partial charge in [0.15, 0.2) is 0 Å². The van der Waals surface area contributed by atoms with Crippen molar-refractivity contribution in [3.05, 3.63) is 29.8 Å². The van der Waals surface area contributed by atoms with Gasteiger partial charge in [-0.25, -0.2) is 0 Å². The Kier molecular flexibility index (Phi) is 4.74. The summed E-state index contributed by atoms with van der Waals surface area (Å²) in [6, 6.07) is 8.39. The molecule has 88 valence electrons. The molecule has 1 aromatic carbocycles. The molecule has 2 nitrogen and oxygen atoms in total. The van der Waals surface area contributed by atoms with Gasteiger partial charge in [-0.2, -0.15) is 0 Å². The first-order valence-electron chi connectivity index (χ1n) is 5.71. The topological polar surface area (TPSA) is 38.0 Å². The summed E-state index contributed by atoms with van der Waals surface area (Å²) in [5.74, 6) is 0.587. The van der Waals surface area contributed by atoms with Crippen molar-refractivity contribution in [1.29, 1.82) is 0 Å². The lowest BCUT2D eigenvalue weighted by atomic mass is 10.0. The lowest BCUT2D eigenvalue weighted by Gasteiger charge is -2.23. The highest BCUT2D eigenvalue weighted by Crippen LogP contribution is 2.19. The van der Waals surface area contributed by atoms with Gasteiger partial charge in [-0.1, -0.05) is 45.1 Å². The highest BCUT2D eigenvalue weighted by molar-refractivity contribution is 7.80. The molecule has 0 aliphatic heterocycles. The van der Waals surface area contributed by atoms with Crippen molar-refractivity contribution in [2.45, 2.75) is 33.2 Å². The molecular weight excluding hydrogens is 216 g/mol. The molecule has 1 unspecified atom stereocenters. The minimum absolute atomic E-state index is 0.446. The summed E-state index contributed by atoms with van der Waals surface area (Å²) < 4.78 is 0. The van der Waals surface area contributed by atoms with Crippen molar-refractivity contribution in [3.63, 3.8) is 0 Å². The maximum atomic E-state index is 5.70. The Labute approximate surface area is 103 Å². The SMILES string of the molecule is CCC(Nc1ccccc1C(N)=S)C(C)C. The first-order valence-corrected chi connectivity index (χ1v) is 6.12. The number of rotatable bonds is 5. The van der Waals surface area contributed by atoms with Gasteiger partial charge in [-0.05, 0) is 24.5 Å². The van der Waals surface area contributed by atoms with Crippen LogP contribution in [0.2, 0.25) is 0 Å². The molecule has 0 spiro atoms. The van der Waals surface area contributed by atoms with Gasteiger partial charge in [0.2, 0.25) is 0 Å². The fraction of sp³-hybridized carbons (Fsp3) is 0.462. The molecule has 1 atom stereocenters. The third-order valence-electron chi connectivity index (χ3n) is 2.78. The molecule has 0 saturated carbocycles. The van der Waals surface area contributed by atoms with E-state index in [1.165, 1.54) is 0 Å². The molecule has 0 aliphatic carbocycles. The third-order valence-corrected chi connectivity index (χ3v) is 3.00.